The van der Waals surface area contributed by atoms with E-state index >= 15 is 0 Å². The molecule has 1 heterocycles. The zero-order valence-corrected chi connectivity index (χ0v) is 11.3. The first-order valence-electron chi connectivity index (χ1n) is 5.60. The van der Waals surface area contributed by atoms with Crippen LogP contribution in [0.2, 0.25) is 5.02 Å². The Morgan fingerprint density at radius 1 is 1.29 bits per heavy atom. The number of aromatic nitrogens is 2. The van der Waals surface area contributed by atoms with E-state index < -0.39 is 0 Å². The fourth-order valence-corrected chi connectivity index (χ4v) is 2.58. The molecule has 0 saturated heterocycles. The first kappa shape index (κ1) is 12.5. The van der Waals surface area contributed by atoms with Crippen LogP contribution in [0.4, 0.5) is 0 Å². The number of benzene rings is 1. The van der Waals surface area contributed by atoms with Crippen molar-refractivity contribution in [1.82, 2.24) is 9.78 Å². The summed E-state index contributed by atoms with van der Waals surface area (Å²) < 4.78 is 1.85. The Kier molecular flexibility index (Phi) is 4.51. The van der Waals surface area contributed by atoms with E-state index in [0.29, 0.717) is 0 Å². The van der Waals surface area contributed by atoms with Gasteiger partial charge in [-0.3, -0.25) is 4.68 Å². The van der Waals surface area contributed by atoms with Gasteiger partial charge in [-0.15, -0.1) is 11.8 Å². The van der Waals surface area contributed by atoms with Gasteiger partial charge >= 0.3 is 0 Å². The highest BCUT2D eigenvalue weighted by molar-refractivity contribution is 7.99. The van der Waals surface area contributed by atoms with Crippen LogP contribution in [0.1, 0.15) is 12.0 Å². The lowest BCUT2D eigenvalue weighted by atomic mass is 10.2. The molecule has 0 spiro atoms. The van der Waals surface area contributed by atoms with Gasteiger partial charge in [-0.05, 0) is 48.4 Å². The van der Waals surface area contributed by atoms with Crippen LogP contribution < -0.4 is 0 Å². The van der Waals surface area contributed by atoms with Crippen molar-refractivity contribution in [2.45, 2.75) is 17.7 Å². The third-order valence-electron chi connectivity index (χ3n) is 2.45. The maximum Gasteiger partial charge on any atom is 0.0521 e. The number of hydrogen-bond donors (Lipinski definition) is 0. The van der Waals surface area contributed by atoms with Crippen molar-refractivity contribution in [3.8, 4) is 0 Å². The summed E-state index contributed by atoms with van der Waals surface area (Å²) in [5.41, 5.74) is 1.31. The number of rotatable bonds is 5. The number of nitrogens with zero attached hydrogens (tertiary/aromatic N) is 2. The van der Waals surface area contributed by atoms with Gasteiger partial charge in [0.2, 0.25) is 0 Å². The second kappa shape index (κ2) is 6.12. The highest BCUT2D eigenvalue weighted by Gasteiger charge is 1.98. The molecule has 90 valence electrons. The highest BCUT2D eigenvalue weighted by atomic mass is 35.5. The average molecular weight is 267 g/mol. The van der Waals surface area contributed by atoms with Crippen molar-refractivity contribution in [1.29, 1.82) is 0 Å². The fraction of sp³-hybridized carbons (Fsp3) is 0.308. The van der Waals surface area contributed by atoms with E-state index in [-0.39, 0.29) is 0 Å². The smallest absolute Gasteiger partial charge is 0.0521 e. The second-order valence-corrected chi connectivity index (χ2v) is 5.53. The lowest BCUT2D eigenvalue weighted by Gasteiger charge is -2.01. The van der Waals surface area contributed by atoms with Crippen LogP contribution in [0.5, 0.6) is 0 Å². The van der Waals surface area contributed by atoms with E-state index in [9.17, 15) is 0 Å². The Hall–Kier alpha value is -0.930. The number of aryl methyl sites for hydroxylation is 2. The molecule has 0 bridgehead atoms. The predicted octanol–water partition coefficient (Wildman–Crippen LogP) is 3.80. The van der Waals surface area contributed by atoms with Gasteiger partial charge in [-0.2, -0.15) is 5.10 Å². The van der Waals surface area contributed by atoms with Gasteiger partial charge in [0.1, 0.15) is 0 Å². The molecule has 2 rings (SSSR count). The summed E-state index contributed by atoms with van der Waals surface area (Å²) >= 11 is 7.71. The molecule has 0 radical (unpaired) electrons. The molecule has 1 aromatic carbocycles. The van der Waals surface area contributed by atoms with Gasteiger partial charge in [0.15, 0.2) is 0 Å². The summed E-state index contributed by atoms with van der Waals surface area (Å²) in [5.74, 6) is 1.12. The Bertz CT molecular complexity index is 465. The maximum atomic E-state index is 5.84. The van der Waals surface area contributed by atoms with Gasteiger partial charge in [-0.25, -0.2) is 0 Å². The molecule has 0 N–H and O–H groups in total. The average Bonchev–Trinajstić information content (AvgIpc) is 2.73. The minimum absolute atomic E-state index is 0.796. The van der Waals surface area contributed by atoms with Crippen LogP contribution >= 0.6 is 23.4 Å². The summed E-state index contributed by atoms with van der Waals surface area (Å²) in [6.07, 6.45) is 6.27. The summed E-state index contributed by atoms with van der Waals surface area (Å²) in [4.78, 5) is 1.28. The number of thioether (sulfide) groups is 1. The largest absolute Gasteiger partial charge is 0.276 e. The minimum Gasteiger partial charge on any atom is -0.276 e. The molecule has 1 aromatic heterocycles. The quantitative estimate of drug-likeness (QED) is 0.605. The number of hydrogen-bond acceptors (Lipinski definition) is 2. The summed E-state index contributed by atoms with van der Waals surface area (Å²) in [6, 6.07) is 8.00. The summed E-state index contributed by atoms with van der Waals surface area (Å²) in [6.45, 7) is 0. The lowest BCUT2D eigenvalue weighted by Crippen LogP contribution is -1.87. The van der Waals surface area contributed by atoms with Crippen molar-refractivity contribution in [2.75, 3.05) is 5.75 Å². The molecular weight excluding hydrogens is 252 g/mol. The van der Waals surface area contributed by atoms with Crippen molar-refractivity contribution < 1.29 is 0 Å². The van der Waals surface area contributed by atoms with E-state index in [0.717, 1.165) is 17.2 Å². The molecule has 0 unspecified atom stereocenters. The fourth-order valence-electron chi connectivity index (χ4n) is 1.60. The first-order chi connectivity index (χ1) is 8.24. The molecule has 0 atom stereocenters. The van der Waals surface area contributed by atoms with Crippen LogP contribution in [-0.2, 0) is 13.5 Å². The minimum atomic E-state index is 0.796. The topological polar surface area (TPSA) is 17.8 Å². The van der Waals surface area contributed by atoms with Crippen LogP contribution in [0.25, 0.3) is 0 Å². The van der Waals surface area contributed by atoms with Gasteiger partial charge in [0.25, 0.3) is 0 Å². The molecule has 17 heavy (non-hydrogen) atoms. The van der Waals surface area contributed by atoms with E-state index in [2.05, 4.69) is 23.4 Å². The highest BCUT2D eigenvalue weighted by Crippen LogP contribution is 2.21. The van der Waals surface area contributed by atoms with E-state index in [1.54, 1.807) is 0 Å². The van der Waals surface area contributed by atoms with Crippen LogP contribution in [0.15, 0.2) is 41.6 Å². The summed E-state index contributed by atoms with van der Waals surface area (Å²) in [7, 11) is 1.95. The SMILES string of the molecule is Cn1cc(CCCSc2ccc(Cl)cc2)cn1. The van der Waals surface area contributed by atoms with Gasteiger partial charge in [-0.1, -0.05) is 11.6 Å². The molecule has 0 aliphatic carbocycles. The molecule has 0 aliphatic heterocycles. The Balaban J connectivity index is 1.71. The van der Waals surface area contributed by atoms with Crippen molar-refractivity contribution in [2.24, 2.45) is 7.05 Å². The normalized spacial score (nSPS) is 10.7. The van der Waals surface area contributed by atoms with Crippen molar-refractivity contribution >= 4 is 23.4 Å². The second-order valence-electron chi connectivity index (χ2n) is 3.93. The molecule has 2 nitrogen and oxygen atoms in total. The third kappa shape index (κ3) is 4.10. The van der Waals surface area contributed by atoms with Crippen molar-refractivity contribution in [3.63, 3.8) is 0 Å². The first-order valence-corrected chi connectivity index (χ1v) is 6.96. The van der Waals surface area contributed by atoms with Gasteiger partial charge < -0.3 is 0 Å². The molecule has 0 aliphatic rings. The van der Waals surface area contributed by atoms with Gasteiger partial charge in [0.05, 0.1) is 6.20 Å². The van der Waals surface area contributed by atoms with E-state index in [1.165, 1.54) is 16.9 Å². The molecule has 0 amide bonds. The van der Waals surface area contributed by atoms with E-state index in [4.69, 9.17) is 11.6 Å². The predicted molar refractivity (Wildman–Crippen MR) is 73.7 cm³/mol. The zero-order chi connectivity index (χ0) is 12.1. The van der Waals surface area contributed by atoms with Crippen LogP contribution in [0.3, 0.4) is 0 Å². The molecule has 2 aromatic rings. The molecule has 0 saturated carbocycles. The Morgan fingerprint density at radius 3 is 2.71 bits per heavy atom. The van der Waals surface area contributed by atoms with Crippen LogP contribution in [0, 0.1) is 0 Å². The van der Waals surface area contributed by atoms with Crippen molar-refractivity contribution in [3.05, 3.63) is 47.2 Å². The molecule has 4 heteroatoms. The maximum absolute atomic E-state index is 5.84. The monoisotopic (exact) mass is 266 g/mol. The Morgan fingerprint density at radius 2 is 2.06 bits per heavy atom. The third-order valence-corrected chi connectivity index (χ3v) is 3.80. The number of halogens is 1. The van der Waals surface area contributed by atoms with Gasteiger partial charge in [0, 0.05) is 23.2 Å². The zero-order valence-electron chi connectivity index (χ0n) is 9.77. The molecule has 0 fully saturated rings. The van der Waals surface area contributed by atoms with Crippen LogP contribution in [-0.4, -0.2) is 15.5 Å². The van der Waals surface area contributed by atoms with E-state index in [1.807, 2.05) is 41.8 Å². The standard InChI is InChI=1S/C13H15ClN2S/c1-16-10-11(9-15-16)3-2-8-17-13-6-4-12(14)5-7-13/h4-7,9-10H,2-3,8H2,1H3. The Labute approximate surface area is 111 Å². The lowest BCUT2D eigenvalue weighted by molar-refractivity contribution is 0.766. The summed E-state index contributed by atoms with van der Waals surface area (Å²) in [5, 5.41) is 4.95. The molecular formula is C13H15ClN2S.